The second-order valence-corrected chi connectivity index (χ2v) is 8.45. The number of thiophene rings is 1. The lowest BCUT2D eigenvalue weighted by Crippen LogP contribution is -2.38. The Kier molecular flexibility index (Phi) is 7.35. The monoisotopic (exact) mass is 386 g/mol. The molecule has 1 saturated heterocycles. The highest BCUT2D eigenvalue weighted by Gasteiger charge is 2.20. The molecule has 1 aromatic heterocycles. The Hall–Kier alpha value is -1.56. The number of piperidine rings is 1. The van der Waals surface area contributed by atoms with Crippen LogP contribution in [-0.4, -0.2) is 36.7 Å². The molecule has 1 N–H and O–H groups in total. The average molecular weight is 387 g/mol. The largest absolute Gasteiger partial charge is 0.352 e. The van der Waals surface area contributed by atoms with E-state index in [1.165, 1.54) is 10.5 Å². The van der Waals surface area contributed by atoms with Crippen LogP contribution in [0.5, 0.6) is 0 Å². The third kappa shape index (κ3) is 5.73. The van der Waals surface area contributed by atoms with Crippen LogP contribution in [0.4, 0.5) is 0 Å². The zero-order valence-corrected chi connectivity index (χ0v) is 16.8. The van der Waals surface area contributed by atoms with Crippen LogP contribution < -0.4 is 5.32 Å². The fourth-order valence-electron chi connectivity index (χ4n) is 3.27. The average Bonchev–Trinajstić information content (AvgIpc) is 3.20. The summed E-state index contributed by atoms with van der Waals surface area (Å²) in [5.74, 6) is 0.593. The SMILES string of the molecule is CSc1ccccc1CN1CCC(CNC(=O)/C=C/c2cccs2)CC1. The highest BCUT2D eigenvalue weighted by Crippen LogP contribution is 2.24. The maximum absolute atomic E-state index is 12.0. The second kappa shape index (κ2) is 9.95. The molecule has 1 amide bonds. The molecule has 0 saturated carbocycles. The molecule has 138 valence electrons. The van der Waals surface area contributed by atoms with Crippen molar-refractivity contribution in [1.29, 1.82) is 0 Å². The van der Waals surface area contributed by atoms with Crippen LogP contribution >= 0.6 is 23.1 Å². The Bertz CT molecular complexity index is 719. The van der Waals surface area contributed by atoms with E-state index in [1.807, 2.05) is 35.4 Å². The molecule has 3 rings (SSSR count). The van der Waals surface area contributed by atoms with Crippen molar-refractivity contribution >= 4 is 35.1 Å². The van der Waals surface area contributed by atoms with E-state index in [0.29, 0.717) is 5.92 Å². The van der Waals surface area contributed by atoms with Gasteiger partial charge in [0.15, 0.2) is 0 Å². The third-order valence-corrected chi connectivity index (χ3v) is 6.48. The van der Waals surface area contributed by atoms with Crippen LogP contribution in [-0.2, 0) is 11.3 Å². The summed E-state index contributed by atoms with van der Waals surface area (Å²) in [5, 5.41) is 5.07. The molecule has 3 nitrogen and oxygen atoms in total. The molecule has 1 fully saturated rings. The highest BCUT2D eigenvalue weighted by molar-refractivity contribution is 7.98. The van der Waals surface area contributed by atoms with Gasteiger partial charge in [-0.05, 0) is 67.3 Å². The number of nitrogens with zero attached hydrogens (tertiary/aromatic N) is 1. The van der Waals surface area contributed by atoms with E-state index in [-0.39, 0.29) is 5.91 Å². The Morgan fingerprint density at radius 1 is 1.27 bits per heavy atom. The Labute approximate surface area is 164 Å². The predicted octanol–water partition coefficient (Wildman–Crippen LogP) is 4.51. The fraction of sp³-hybridized carbons (Fsp3) is 0.381. The van der Waals surface area contributed by atoms with Crippen molar-refractivity contribution in [2.75, 3.05) is 25.9 Å². The number of nitrogens with one attached hydrogen (secondary N) is 1. The van der Waals surface area contributed by atoms with Crippen LogP contribution in [0, 0.1) is 5.92 Å². The molecule has 26 heavy (non-hydrogen) atoms. The first kappa shape index (κ1) is 19.2. The van der Waals surface area contributed by atoms with Crippen LogP contribution in [0.1, 0.15) is 23.3 Å². The Balaban J connectivity index is 1.39. The minimum Gasteiger partial charge on any atom is -0.352 e. The van der Waals surface area contributed by atoms with E-state index in [4.69, 9.17) is 0 Å². The summed E-state index contributed by atoms with van der Waals surface area (Å²) in [6, 6.07) is 12.7. The lowest BCUT2D eigenvalue weighted by atomic mass is 9.96. The van der Waals surface area contributed by atoms with E-state index in [9.17, 15) is 4.79 Å². The number of hydrogen-bond donors (Lipinski definition) is 1. The molecule has 1 aromatic carbocycles. The van der Waals surface area contributed by atoms with E-state index in [1.54, 1.807) is 17.4 Å². The van der Waals surface area contributed by atoms with E-state index < -0.39 is 0 Å². The lowest BCUT2D eigenvalue weighted by Gasteiger charge is -2.32. The van der Waals surface area contributed by atoms with Gasteiger partial charge in [0.1, 0.15) is 0 Å². The van der Waals surface area contributed by atoms with Crippen molar-refractivity contribution < 1.29 is 4.79 Å². The van der Waals surface area contributed by atoms with Crippen LogP contribution in [0.3, 0.4) is 0 Å². The van der Waals surface area contributed by atoms with Gasteiger partial charge in [-0.1, -0.05) is 24.3 Å². The number of thioether (sulfide) groups is 1. The normalized spacial score (nSPS) is 16.2. The molecular weight excluding hydrogens is 360 g/mol. The van der Waals surface area contributed by atoms with E-state index >= 15 is 0 Å². The summed E-state index contributed by atoms with van der Waals surface area (Å²) in [6.45, 7) is 4.02. The number of benzene rings is 1. The summed E-state index contributed by atoms with van der Waals surface area (Å²) in [7, 11) is 0. The van der Waals surface area contributed by atoms with Gasteiger partial charge in [-0.2, -0.15) is 0 Å². The maximum atomic E-state index is 12.0. The van der Waals surface area contributed by atoms with Gasteiger partial charge >= 0.3 is 0 Å². The molecule has 1 aliphatic heterocycles. The van der Waals surface area contributed by atoms with Crippen LogP contribution in [0.2, 0.25) is 0 Å². The van der Waals surface area contributed by atoms with Crippen LogP contribution in [0.15, 0.2) is 52.7 Å². The van der Waals surface area contributed by atoms with Gasteiger partial charge in [0.2, 0.25) is 5.91 Å². The van der Waals surface area contributed by atoms with Gasteiger partial charge in [0.05, 0.1) is 0 Å². The molecule has 0 atom stereocenters. The van der Waals surface area contributed by atoms with Gasteiger partial charge < -0.3 is 5.32 Å². The Morgan fingerprint density at radius 3 is 2.81 bits per heavy atom. The number of carbonyl (C=O) groups excluding carboxylic acids is 1. The van der Waals surface area contributed by atoms with Crippen molar-refractivity contribution in [3.05, 3.63) is 58.3 Å². The minimum atomic E-state index is 0.00901. The molecule has 1 aliphatic rings. The summed E-state index contributed by atoms with van der Waals surface area (Å²) in [5.41, 5.74) is 1.42. The standard InChI is InChI=1S/C21H26N2OS2/c1-25-20-7-3-2-5-18(20)16-23-12-10-17(11-13-23)15-22-21(24)9-8-19-6-4-14-26-19/h2-9,14,17H,10-13,15-16H2,1H3,(H,22,24)/b9-8+. The predicted molar refractivity (Wildman–Crippen MR) is 113 cm³/mol. The first-order valence-corrected chi connectivity index (χ1v) is 11.2. The number of amides is 1. The van der Waals surface area contributed by atoms with Crippen molar-refractivity contribution in [1.82, 2.24) is 10.2 Å². The highest BCUT2D eigenvalue weighted by atomic mass is 32.2. The summed E-state index contributed by atoms with van der Waals surface area (Å²) in [6.07, 6.45) is 7.96. The van der Waals surface area contributed by atoms with Gasteiger partial charge in [-0.15, -0.1) is 23.1 Å². The van der Waals surface area contributed by atoms with Gasteiger partial charge in [0, 0.05) is 28.9 Å². The van der Waals surface area contributed by atoms with Gasteiger partial charge in [-0.25, -0.2) is 0 Å². The zero-order chi connectivity index (χ0) is 18.2. The minimum absolute atomic E-state index is 0.00901. The molecule has 2 aromatic rings. The molecule has 2 heterocycles. The number of carbonyl (C=O) groups is 1. The number of likely N-dealkylation sites (tertiary alicyclic amines) is 1. The van der Waals surface area contributed by atoms with Crippen molar-refractivity contribution in [2.45, 2.75) is 24.3 Å². The fourth-order valence-corrected chi connectivity index (χ4v) is 4.50. The van der Waals surface area contributed by atoms with Crippen LogP contribution in [0.25, 0.3) is 6.08 Å². The molecule has 5 heteroatoms. The summed E-state index contributed by atoms with van der Waals surface area (Å²) < 4.78 is 0. The molecule has 0 radical (unpaired) electrons. The number of rotatable bonds is 7. The van der Waals surface area contributed by atoms with E-state index in [2.05, 4.69) is 40.7 Å². The summed E-state index contributed by atoms with van der Waals surface area (Å²) in [4.78, 5) is 17.0. The smallest absolute Gasteiger partial charge is 0.244 e. The quantitative estimate of drug-likeness (QED) is 0.561. The van der Waals surface area contributed by atoms with Crippen molar-refractivity contribution in [3.63, 3.8) is 0 Å². The maximum Gasteiger partial charge on any atom is 0.244 e. The van der Waals surface area contributed by atoms with Gasteiger partial charge in [0.25, 0.3) is 0 Å². The van der Waals surface area contributed by atoms with Gasteiger partial charge in [-0.3, -0.25) is 9.69 Å². The second-order valence-electron chi connectivity index (χ2n) is 6.63. The Morgan fingerprint density at radius 2 is 2.08 bits per heavy atom. The lowest BCUT2D eigenvalue weighted by molar-refractivity contribution is -0.116. The molecule has 0 unspecified atom stereocenters. The van der Waals surface area contributed by atoms with E-state index in [0.717, 1.165) is 43.9 Å². The molecule has 0 aliphatic carbocycles. The molecule has 0 spiro atoms. The zero-order valence-electron chi connectivity index (χ0n) is 15.2. The number of hydrogen-bond acceptors (Lipinski definition) is 4. The molecule has 0 bridgehead atoms. The molecular formula is C21H26N2OS2. The summed E-state index contributed by atoms with van der Waals surface area (Å²) >= 11 is 3.46. The topological polar surface area (TPSA) is 32.3 Å². The van der Waals surface area contributed by atoms with Crippen molar-refractivity contribution in [3.8, 4) is 0 Å². The first-order valence-electron chi connectivity index (χ1n) is 9.08. The first-order chi connectivity index (χ1) is 12.7. The third-order valence-electron chi connectivity index (χ3n) is 4.80. The van der Waals surface area contributed by atoms with Crippen molar-refractivity contribution in [2.24, 2.45) is 5.92 Å².